The minimum Gasteiger partial charge on any atom is -0.464 e. The molecule has 2 heterocycles. The smallest absolute Gasteiger partial charge is 0.464 e. The number of benzene rings is 2. The molecule has 0 saturated carbocycles. The average molecular weight is 490 g/mol. The van der Waals surface area contributed by atoms with Crippen molar-refractivity contribution in [3.8, 4) is 0 Å². The second-order valence-electron chi connectivity index (χ2n) is 9.74. The average Bonchev–Trinajstić information content (AvgIpc) is 3.37. The van der Waals surface area contributed by atoms with Gasteiger partial charge in [-0.2, -0.15) is 0 Å². The van der Waals surface area contributed by atoms with E-state index in [2.05, 4.69) is 10.3 Å². The molecule has 0 aliphatic carbocycles. The lowest BCUT2D eigenvalue weighted by Crippen LogP contribution is -2.41. The minimum absolute atomic E-state index is 0.167. The fraction of sp³-hybridized carbons (Fsp3) is 0.333. The fourth-order valence-electron chi connectivity index (χ4n) is 3.81. The largest absolute Gasteiger partial charge is 0.492 e. The lowest BCUT2D eigenvalue weighted by molar-refractivity contribution is 0.00578. The molecule has 2 aromatic carbocycles. The van der Waals surface area contributed by atoms with Crippen molar-refractivity contribution in [3.63, 3.8) is 0 Å². The van der Waals surface area contributed by atoms with Crippen LogP contribution in [-0.2, 0) is 25.4 Å². The number of nitrogens with one attached hydrogen (secondary N) is 2. The van der Waals surface area contributed by atoms with Crippen molar-refractivity contribution in [1.29, 1.82) is 0 Å². The molecule has 1 amide bonds. The number of alkyl carbamates (subject to hydrolysis) is 1. The number of rotatable bonds is 7. The maximum atomic E-state index is 12.4. The number of carbonyl (C=O) groups excluding carboxylic acids is 2. The number of hydrogen-bond donors (Lipinski definition) is 2. The van der Waals surface area contributed by atoms with Crippen molar-refractivity contribution in [2.45, 2.75) is 45.5 Å². The van der Waals surface area contributed by atoms with Gasteiger partial charge in [0.25, 0.3) is 0 Å². The van der Waals surface area contributed by atoms with Gasteiger partial charge in [0.15, 0.2) is 0 Å². The van der Waals surface area contributed by atoms with E-state index in [1.165, 1.54) is 7.11 Å². The Bertz CT molecular complexity index is 1270. The van der Waals surface area contributed by atoms with Crippen LogP contribution in [-0.4, -0.2) is 49.0 Å². The summed E-state index contributed by atoms with van der Waals surface area (Å²) in [6.07, 6.45) is 1.38. The van der Waals surface area contributed by atoms with E-state index in [-0.39, 0.29) is 13.2 Å². The van der Waals surface area contributed by atoms with Crippen LogP contribution < -0.4 is 5.32 Å². The van der Waals surface area contributed by atoms with Crippen LogP contribution in [0.25, 0.3) is 17.0 Å². The van der Waals surface area contributed by atoms with Crippen molar-refractivity contribution in [2.75, 3.05) is 13.7 Å². The number of aromatic amines is 1. The van der Waals surface area contributed by atoms with Gasteiger partial charge >= 0.3 is 19.2 Å². The standard InChI is InChI=1S/C27H31BN2O6/c1-26(2)27(3,4)36-28(35-26)21(16-29-25(32)34-17-18-9-7-6-8-10-18)13-19-11-12-20-15-23(24(31)33-5)30-22(20)14-19/h6-15,30H,16-17H2,1-5H3,(H,29,32). The number of hydrogen-bond acceptors (Lipinski definition) is 6. The molecule has 9 heteroatoms. The summed E-state index contributed by atoms with van der Waals surface area (Å²) in [5.41, 5.74) is 2.57. The zero-order valence-electron chi connectivity index (χ0n) is 21.2. The molecule has 2 N–H and O–H groups in total. The summed E-state index contributed by atoms with van der Waals surface area (Å²) < 4.78 is 22.7. The Kier molecular flexibility index (Phi) is 7.24. The van der Waals surface area contributed by atoms with E-state index in [1.54, 1.807) is 6.07 Å². The summed E-state index contributed by atoms with van der Waals surface area (Å²) in [5.74, 6) is -0.431. The SMILES string of the molecule is COC(=O)c1cc2ccc(C=C(CNC(=O)OCc3ccccc3)B3OC(C)(C)C(C)(C)O3)cc2[nH]1. The van der Waals surface area contributed by atoms with Gasteiger partial charge in [0.2, 0.25) is 0 Å². The summed E-state index contributed by atoms with van der Waals surface area (Å²) in [7, 11) is 0.686. The Hall–Kier alpha value is -3.56. The van der Waals surface area contributed by atoms with Gasteiger partial charge in [-0.05, 0) is 56.4 Å². The van der Waals surface area contributed by atoms with E-state index < -0.39 is 30.4 Å². The Morgan fingerprint density at radius 1 is 1.03 bits per heavy atom. The molecule has 1 aliphatic heterocycles. The first-order chi connectivity index (χ1) is 17.1. The van der Waals surface area contributed by atoms with Crippen LogP contribution in [0.4, 0.5) is 4.79 Å². The summed E-state index contributed by atoms with van der Waals surface area (Å²) in [5, 5.41) is 3.69. The normalized spacial score (nSPS) is 16.7. The number of fused-ring (bicyclic) bond motifs is 1. The molecule has 1 fully saturated rings. The van der Waals surface area contributed by atoms with E-state index in [1.807, 2.05) is 82.3 Å². The van der Waals surface area contributed by atoms with Crippen molar-refractivity contribution in [3.05, 3.63) is 76.9 Å². The third-order valence-electron chi connectivity index (χ3n) is 6.61. The number of ether oxygens (including phenoxy) is 2. The number of aromatic nitrogens is 1. The summed E-state index contributed by atoms with van der Waals surface area (Å²) in [6, 6.07) is 17.0. The first kappa shape index (κ1) is 25.5. The molecule has 188 valence electrons. The van der Waals surface area contributed by atoms with Crippen molar-refractivity contribution in [2.24, 2.45) is 0 Å². The van der Waals surface area contributed by atoms with Crippen LogP contribution in [0.1, 0.15) is 49.3 Å². The molecule has 3 aromatic rings. The second-order valence-corrected chi connectivity index (χ2v) is 9.74. The van der Waals surface area contributed by atoms with Gasteiger partial charge in [0.05, 0.1) is 18.3 Å². The predicted molar refractivity (Wildman–Crippen MR) is 138 cm³/mol. The highest BCUT2D eigenvalue weighted by atomic mass is 16.7. The van der Waals surface area contributed by atoms with E-state index >= 15 is 0 Å². The van der Waals surface area contributed by atoms with E-state index in [4.69, 9.17) is 18.8 Å². The Morgan fingerprint density at radius 2 is 1.72 bits per heavy atom. The first-order valence-electron chi connectivity index (χ1n) is 11.8. The highest BCUT2D eigenvalue weighted by molar-refractivity contribution is 6.56. The Balaban J connectivity index is 1.55. The van der Waals surface area contributed by atoms with Crippen molar-refractivity contribution < 1.29 is 28.4 Å². The van der Waals surface area contributed by atoms with Gasteiger partial charge in [-0.3, -0.25) is 0 Å². The molecule has 4 rings (SSSR count). The van der Waals surface area contributed by atoms with Gasteiger partial charge in [0.1, 0.15) is 12.3 Å². The molecule has 1 aliphatic rings. The molecule has 36 heavy (non-hydrogen) atoms. The number of amides is 1. The monoisotopic (exact) mass is 490 g/mol. The van der Waals surface area contributed by atoms with Gasteiger partial charge in [-0.1, -0.05) is 48.5 Å². The molecule has 0 unspecified atom stereocenters. The molecule has 8 nitrogen and oxygen atoms in total. The molecule has 0 atom stereocenters. The lowest BCUT2D eigenvalue weighted by Gasteiger charge is -2.32. The molecular weight excluding hydrogens is 459 g/mol. The van der Waals surface area contributed by atoms with Gasteiger partial charge in [-0.15, -0.1) is 0 Å². The summed E-state index contributed by atoms with van der Waals surface area (Å²) in [4.78, 5) is 27.4. The molecule has 0 spiro atoms. The van der Waals surface area contributed by atoms with E-state index in [0.717, 1.165) is 27.5 Å². The Labute approximate surface area is 211 Å². The third-order valence-corrected chi connectivity index (χ3v) is 6.61. The quantitative estimate of drug-likeness (QED) is 0.361. The zero-order valence-corrected chi connectivity index (χ0v) is 21.2. The highest BCUT2D eigenvalue weighted by Gasteiger charge is 2.52. The maximum absolute atomic E-state index is 12.4. The molecule has 1 saturated heterocycles. The van der Waals surface area contributed by atoms with Crippen LogP contribution in [0, 0.1) is 0 Å². The number of H-pyrrole nitrogens is 1. The van der Waals surface area contributed by atoms with Crippen LogP contribution >= 0.6 is 0 Å². The van der Waals surface area contributed by atoms with Crippen LogP contribution in [0.2, 0.25) is 0 Å². The second kappa shape index (κ2) is 10.2. The van der Waals surface area contributed by atoms with Crippen LogP contribution in [0.5, 0.6) is 0 Å². The number of methoxy groups -OCH3 is 1. The van der Waals surface area contributed by atoms with E-state index in [0.29, 0.717) is 5.69 Å². The first-order valence-corrected chi connectivity index (χ1v) is 11.8. The topological polar surface area (TPSA) is 98.9 Å². The molecule has 1 aromatic heterocycles. The highest BCUT2D eigenvalue weighted by Crippen LogP contribution is 2.38. The van der Waals surface area contributed by atoms with Gasteiger partial charge in [0, 0.05) is 17.4 Å². The molecular formula is C27H31BN2O6. The van der Waals surface area contributed by atoms with Crippen molar-refractivity contribution in [1.82, 2.24) is 10.3 Å². The Morgan fingerprint density at radius 3 is 2.39 bits per heavy atom. The molecule has 0 radical (unpaired) electrons. The van der Waals surface area contributed by atoms with Crippen LogP contribution in [0.3, 0.4) is 0 Å². The van der Waals surface area contributed by atoms with Crippen molar-refractivity contribution >= 4 is 36.2 Å². The number of carbonyl (C=O) groups is 2. The third kappa shape index (κ3) is 5.63. The number of esters is 1. The zero-order chi connectivity index (χ0) is 25.9. The summed E-state index contributed by atoms with van der Waals surface area (Å²) in [6.45, 7) is 8.25. The van der Waals surface area contributed by atoms with E-state index in [9.17, 15) is 9.59 Å². The molecule has 0 bridgehead atoms. The lowest BCUT2D eigenvalue weighted by atomic mass is 9.77. The summed E-state index contributed by atoms with van der Waals surface area (Å²) >= 11 is 0. The predicted octanol–water partition coefficient (Wildman–Crippen LogP) is 4.90. The maximum Gasteiger partial charge on any atom is 0.492 e. The van der Waals surface area contributed by atoms with Crippen LogP contribution in [0.15, 0.2) is 60.1 Å². The minimum atomic E-state index is -0.658. The van der Waals surface area contributed by atoms with Gasteiger partial charge < -0.3 is 29.1 Å². The van der Waals surface area contributed by atoms with Gasteiger partial charge in [-0.25, -0.2) is 9.59 Å². The fourth-order valence-corrected chi connectivity index (χ4v) is 3.81.